The Bertz CT molecular complexity index is 861. The number of hydrogen-bond donors (Lipinski definition) is 1. The van der Waals surface area contributed by atoms with Crippen LogP contribution in [0.15, 0.2) is 42.5 Å². The highest BCUT2D eigenvalue weighted by molar-refractivity contribution is 6.35. The highest BCUT2D eigenvalue weighted by Gasteiger charge is 2.25. The zero-order chi connectivity index (χ0) is 20.9. The molecule has 0 saturated carbocycles. The molecule has 5 nitrogen and oxygen atoms in total. The van der Waals surface area contributed by atoms with E-state index in [1.54, 1.807) is 6.07 Å². The molecule has 0 spiro atoms. The summed E-state index contributed by atoms with van der Waals surface area (Å²) in [4.78, 5) is 17.4. The molecule has 0 aromatic heterocycles. The molecule has 1 N–H and O–H groups in total. The summed E-state index contributed by atoms with van der Waals surface area (Å²) in [6, 6.07) is 13.7. The molecule has 160 valence electrons. The number of halogens is 2. The van der Waals surface area contributed by atoms with Crippen molar-refractivity contribution in [3.05, 3.63) is 58.1 Å². The maximum absolute atomic E-state index is 12.7. The van der Waals surface area contributed by atoms with Crippen LogP contribution in [0.5, 0.6) is 0 Å². The number of ether oxygens (including phenoxy) is 1. The quantitative estimate of drug-likeness (QED) is 0.722. The fourth-order valence-corrected chi connectivity index (χ4v) is 4.53. The van der Waals surface area contributed by atoms with Crippen molar-refractivity contribution in [3.63, 3.8) is 0 Å². The van der Waals surface area contributed by atoms with Crippen LogP contribution in [0.25, 0.3) is 0 Å². The summed E-state index contributed by atoms with van der Waals surface area (Å²) in [5.41, 5.74) is 3.10. The fourth-order valence-electron chi connectivity index (χ4n) is 4.07. The molecule has 2 saturated heterocycles. The number of anilines is 2. The Kier molecular flexibility index (Phi) is 7.16. The number of nitrogens with one attached hydrogen (secondary N) is 1. The van der Waals surface area contributed by atoms with Crippen molar-refractivity contribution in [1.82, 2.24) is 4.90 Å². The summed E-state index contributed by atoms with van der Waals surface area (Å²) in [5, 5.41) is 4.43. The van der Waals surface area contributed by atoms with Crippen LogP contribution in [0.3, 0.4) is 0 Å². The first-order chi connectivity index (χ1) is 14.6. The Morgan fingerprint density at radius 2 is 1.70 bits per heavy atom. The Morgan fingerprint density at radius 3 is 2.37 bits per heavy atom. The minimum Gasteiger partial charge on any atom is -0.378 e. The van der Waals surface area contributed by atoms with E-state index in [4.69, 9.17) is 27.9 Å². The van der Waals surface area contributed by atoms with Crippen LogP contribution in [0.1, 0.15) is 18.4 Å². The molecule has 0 radical (unpaired) electrons. The van der Waals surface area contributed by atoms with Gasteiger partial charge in [0.25, 0.3) is 0 Å². The van der Waals surface area contributed by atoms with Crippen LogP contribution < -0.4 is 10.2 Å². The van der Waals surface area contributed by atoms with Crippen molar-refractivity contribution in [1.29, 1.82) is 0 Å². The topological polar surface area (TPSA) is 44.8 Å². The number of carbonyl (C=O) groups excluding carboxylic acids is 1. The molecule has 2 aliphatic rings. The molecule has 2 heterocycles. The second-order valence-electron chi connectivity index (χ2n) is 7.92. The van der Waals surface area contributed by atoms with E-state index in [0.29, 0.717) is 10.0 Å². The predicted octanol–water partition coefficient (Wildman–Crippen LogP) is 4.68. The first-order valence-corrected chi connectivity index (χ1v) is 11.2. The molecular formula is C23H27Cl2N3O2. The Morgan fingerprint density at radius 1 is 1.00 bits per heavy atom. The van der Waals surface area contributed by atoms with Gasteiger partial charge in [-0.1, -0.05) is 29.3 Å². The van der Waals surface area contributed by atoms with Crippen molar-refractivity contribution in [2.75, 3.05) is 49.6 Å². The lowest BCUT2D eigenvalue weighted by Gasteiger charge is -2.31. The summed E-state index contributed by atoms with van der Waals surface area (Å²) < 4.78 is 5.40. The average molecular weight is 448 g/mol. The number of likely N-dealkylation sites (tertiary alicyclic amines) is 1. The Labute approximate surface area is 187 Å². The lowest BCUT2D eigenvalue weighted by atomic mass is 9.95. The SMILES string of the molecule is O=C(Nc1ccc(N2CCOCC2)cc1)C1CCN(Cc2ccc(Cl)cc2Cl)CC1. The molecule has 2 aliphatic heterocycles. The van der Waals surface area contributed by atoms with Crippen molar-refractivity contribution < 1.29 is 9.53 Å². The molecule has 0 unspecified atom stereocenters. The molecule has 30 heavy (non-hydrogen) atoms. The van der Waals surface area contributed by atoms with Crippen LogP contribution in [0, 0.1) is 5.92 Å². The van der Waals surface area contributed by atoms with Gasteiger partial charge in [0.2, 0.25) is 5.91 Å². The molecule has 2 fully saturated rings. The van der Waals surface area contributed by atoms with Crippen LogP contribution in [0.2, 0.25) is 10.0 Å². The van der Waals surface area contributed by atoms with E-state index < -0.39 is 0 Å². The van der Waals surface area contributed by atoms with E-state index in [0.717, 1.165) is 70.0 Å². The fraction of sp³-hybridized carbons (Fsp3) is 0.435. The third kappa shape index (κ3) is 5.46. The van der Waals surface area contributed by atoms with Crippen molar-refractivity contribution in [2.24, 2.45) is 5.92 Å². The van der Waals surface area contributed by atoms with Gasteiger partial charge in [0.1, 0.15) is 0 Å². The number of carbonyl (C=O) groups is 1. The van der Waals surface area contributed by atoms with E-state index in [2.05, 4.69) is 27.2 Å². The van der Waals surface area contributed by atoms with E-state index >= 15 is 0 Å². The van der Waals surface area contributed by atoms with E-state index in [1.807, 2.05) is 24.3 Å². The highest BCUT2D eigenvalue weighted by atomic mass is 35.5. The standard InChI is InChI=1S/C23H27Cl2N3O2/c24-19-2-1-18(22(25)15-19)16-27-9-7-17(8-10-27)23(29)26-20-3-5-21(6-4-20)28-11-13-30-14-12-28/h1-6,15,17H,7-14,16H2,(H,26,29). The number of morpholine rings is 1. The Hall–Kier alpha value is -1.79. The highest BCUT2D eigenvalue weighted by Crippen LogP contribution is 2.26. The molecule has 1 amide bonds. The molecule has 0 bridgehead atoms. The van der Waals surface area contributed by atoms with Gasteiger partial charge in [-0.15, -0.1) is 0 Å². The van der Waals surface area contributed by atoms with Gasteiger partial charge in [-0.2, -0.15) is 0 Å². The number of hydrogen-bond acceptors (Lipinski definition) is 4. The van der Waals surface area contributed by atoms with Gasteiger partial charge in [0, 0.05) is 47.0 Å². The summed E-state index contributed by atoms with van der Waals surface area (Å²) in [5.74, 6) is 0.152. The normalized spacial score (nSPS) is 18.4. The van der Waals surface area contributed by atoms with Crippen molar-refractivity contribution in [2.45, 2.75) is 19.4 Å². The zero-order valence-corrected chi connectivity index (χ0v) is 18.5. The maximum atomic E-state index is 12.7. The molecular weight excluding hydrogens is 421 g/mol. The molecule has 2 aromatic rings. The smallest absolute Gasteiger partial charge is 0.227 e. The number of nitrogens with zero attached hydrogens (tertiary/aromatic N) is 2. The monoisotopic (exact) mass is 447 g/mol. The van der Waals surface area contributed by atoms with E-state index in [9.17, 15) is 4.79 Å². The molecule has 2 aromatic carbocycles. The van der Waals surface area contributed by atoms with E-state index in [1.165, 1.54) is 5.69 Å². The van der Waals surface area contributed by atoms with Gasteiger partial charge >= 0.3 is 0 Å². The van der Waals surface area contributed by atoms with Crippen LogP contribution >= 0.6 is 23.2 Å². The average Bonchev–Trinajstić information content (AvgIpc) is 2.77. The van der Waals surface area contributed by atoms with Gasteiger partial charge in [-0.3, -0.25) is 9.69 Å². The summed E-state index contributed by atoms with van der Waals surface area (Å²) in [7, 11) is 0. The lowest BCUT2D eigenvalue weighted by Crippen LogP contribution is -2.37. The first kappa shape index (κ1) is 21.4. The third-order valence-corrected chi connectivity index (χ3v) is 6.47. The van der Waals surface area contributed by atoms with Gasteiger partial charge in [0.15, 0.2) is 0 Å². The summed E-state index contributed by atoms with van der Waals surface area (Å²) >= 11 is 12.3. The first-order valence-electron chi connectivity index (χ1n) is 10.5. The van der Waals surface area contributed by atoms with Crippen molar-refractivity contribution >= 4 is 40.5 Å². The predicted molar refractivity (Wildman–Crippen MR) is 123 cm³/mol. The van der Waals surface area contributed by atoms with Gasteiger partial charge in [0.05, 0.1) is 13.2 Å². The Balaban J connectivity index is 1.26. The zero-order valence-electron chi connectivity index (χ0n) is 16.9. The third-order valence-electron chi connectivity index (χ3n) is 5.88. The second-order valence-corrected chi connectivity index (χ2v) is 8.77. The van der Waals surface area contributed by atoms with Gasteiger partial charge < -0.3 is 15.0 Å². The number of amides is 1. The van der Waals surface area contributed by atoms with Gasteiger partial charge in [-0.05, 0) is 67.9 Å². The minimum atomic E-state index is 0.0425. The second kappa shape index (κ2) is 10.0. The van der Waals surface area contributed by atoms with Crippen LogP contribution in [0.4, 0.5) is 11.4 Å². The molecule has 0 atom stereocenters. The number of rotatable bonds is 5. The van der Waals surface area contributed by atoms with Crippen molar-refractivity contribution in [3.8, 4) is 0 Å². The van der Waals surface area contributed by atoms with E-state index in [-0.39, 0.29) is 11.8 Å². The lowest BCUT2D eigenvalue weighted by molar-refractivity contribution is -0.121. The van der Waals surface area contributed by atoms with Crippen LogP contribution in [-0.4, -0.2) is 50.2 Å². The number of piperidine rings is 1. The molecule has 4 rings (SSSR count). The summed E-state index contributed by atoms with van der Waals surface area (Å²) in [6.07, 6.45) is 1.70. The van der Waals surface area contributed by atoms with Gasteiger partial charge in [-0.25, -0.2) is 0 Å². The summed E-state index contributed by atoms with van der Waals surface area (Å²) in [6.45, 7) is 5.90. The molecule has 0 aliphatic carbocycles. The number of benzene rings is 2. The van der Waals surface area contributed by atoms with Crippen LogP contribution in [-0.2, 0) is 16.1 Å². The molecule has 7 heteroatoms. The maximum Gasteiger partial charge on any atom is 0.227 e. The minimum absolute atomic E-state index is 0.0425. The largest absolute Gasteiger partial charge is 0.378 e.